The van der Waals surface area contributed by atoms with Crippen molar-refractivity contribution in [2.45, 2.75) is 19.8 Å². The summed E-state index contributed by atoms with van der Waals surface area (Å²) in [4.78, 5) is 11.9. The molecule has 1 amide bonds. The lowest BCUT2D eigenvalue weighted by Gasteiger charge is -2.13. The number of hydrogen-bond donors (Lipinski definition) is 2. The second-order valence-electron chi connectivity index (χ2n) is 5.15. The van der Waals surface area contributed by atoms with Crippen molar-refractivity contribution in [1.29, 1.82) is 0 Å². The van der Waals surface area contributed by atoms with Crippen molar-refractivity contribution in [2.75, 3.05) is 17.7 Å². The Kier molecular flexibility index (Phi) is 4.82. The topological polar surface area (TPSA) is 64.3 Å². The number of anilines is 2. The number of rotatable bonds is 5. The maximum Gasteiger partial charge on any atom is 0.262 e. The number of hydrogen-bond acceptors (Lipinski definition) is 3. The number of carbonyl (C=O) groups is 1. The average Bonchev–Trinajstić information content (AvgIpc) is 2.45. The van der Waals surface area contributed by atoms with Crippen molar-refractivity contribution < 1.29 is 9.53 Å². The van der Waals surface area contributed by atoms with Crippen LogP contribution in [-0.2, 0) is 4.79 Å². The molecule has 0 saturated carbocycles. The highest BCUT2D eigenvalue weighted by molar-refractivity contribution is 5.92. The number of ether oxygens (including phenoxy) is 1. The van der Waals surface area contributed by atoms with E-state index in [2.05, 4.69) is 19.2 Å². The van der Waals surface area contributed by atoms with Gasteiger partial charge in [-0.15, -0.1) is 0 Å². The second kappa shape index (κ2) is 6.79. The van der Waals surface area contributed by atoms with Crippen LogP contribution in [0.3, 0.4) is 0 Å². The first kappa shape index (κ1) is 14.9. The van der Waals surface area contributed by atoms with Gasteiger partial charge in [-0.3, -0.25) is 4.79 Å². The highest BCUT2D eigenvalue weighted by Crippen LogP contribution is 2.25. The van der Waals surface area contributed by atoms with Gasteiger partial charge in [0.1, 0.15) is 5.75 Å². The van der Waals surface area contributed by atoms with E-state index in [0.29, 0.717) is 17.3 Å². The maximum atomic E-state index is 11.9. The third-order valence-corrected chi connectivity index (χ3v) is 3.07. The first-order valence-corrected chi connectivity index (χ1v) is 6.93. The number of benzene rings is 2. The molecule has 2 aromatic rings. The van der Waals surface area contributed by atoms with Gasteiger partial charge in [0, 0.05) is 11.4 Å². The third-order valence-electron chi connectivity index (χ3n) is 3.07. The fourth-order valence-electron chi connectivity index (χ4n) is 2.05. The Bertz CT molecular complexity index is 624. The summed E-state index contributed by atoms with van der Waals surface area (Å²) in [5.41, 5.74) is 8.04. The van der Waals surface area contributed by atoms with Crippen LogP contribution >= 0.6 is 0 Å². The molecule has 2 rings (SSSR count). The Morgan fingerprint density at radius 1 is 1.19 bits per heavy atom. The van der Waals surface area contributed by atoms with Crippen LogP contribution in [0.5, 0.6) is 5.75 Å². The normalized spacial score (nSPS) is 10.4. The zero-order valence-electron chi connectivity index (χ0n) is 12.3. The molecule has 0 aromatic heterocycles. The SMILES string of the molecule is CC(C)c1ccccc1OCC(=O)Nc1cccc(N)c1. The Labute approximate surface area is 124 Å². The predicted octanol–water partition coefficient (Wildman–Crippen LogP) is 3.41. The standard InChI is InChI=1S/C17H20N2O2/c1-12(2)15-8-3-4-9-16(15)21-11-17(20)19-14-7-5-6-13(18)10-14/h3-10,12H,11,18H2,1-2H3,(H,19,20). The van der Waals surface area contributed by atoms with Gasteiger partial charge < -0.3 is 15.8 Å². The highest BCUT2D eigenvalue weighted by Gasteiger charge is 2.09. The number of nitrogens with one attached hydrogen (secondary N) is 1. The van der Waals surface area contributed by atoms with E-state index in [-0.39, 0.29) is 12.5 Å². The summed E-state index contributed by atoms with van der Waals surface area (Å²) in [7, 11) is 0. The molecule has 4 nitrogen and oxygen atoms in total. The lowest BCUT2D eigenvalue weighted by atomic mass is 10.0. The van der Waals surface area contributed by atoms with Crippen molar-refractivity contribution in [3.05, 3.63) is 54.1 Å². The molecule has 110 valence electrons. The maximum absolute atomic E-state index is 11.9. The molecule has 0 radical (unpaired) electrons. The molecular formula is C17H20N2O2. The van der Waals surface area contributed by atoms with Gasteiger partial charge in [0.05, 0.1) is 0 Å². The smallest absolute Gasteiger partial charge is 0.262 e. The van der Waals surface area contributed by atoms with Gasteiger partial charge in [-0.1, -0.05) is 38.1 Å². The zero-order chi connectivity index (χ0) is 15.2. The number of nitrogen functional groups attached to an aromatic ring is 1. The molecule has 3 N–H and O–H groups in total. The summed E-state index contributed by atoms with van der Waals surface area (Å²) >= 11 is 0. The van der Waals surface area contributed by atoms with E-state index in [1.54, 1.807) is 24.3 Å². The number of para-hydroxylation sites is 1. The molecule has 0 bridgehead atoms. The van der Waals surface area contributed by atoms with Crippen LogP contribution in [0.25, 0.3) is 0 Å². The van der Waals surface area contributed by atoms with Gasteiger partial charge in [-0.05, 0) is 35.7 Å². The molecule has 21 heavy (non-hydrogen) atoms. The Balaban J connectivity index is 1.95. The van der Waals surface area contributed by atoms with Crippen LogP contribution < -0.4 is 15.8 Å². The Hall–Kier alpha value is -2.49. The minimum absolute atomic E-state index is 0.0292. The lowest BCUT2D eigenvalue weighted by molar-refractivity contribution is -0.118. The molecule has 0 spiro atoms. The lowest BCUT2D eigenvalue weighted by Crippen LogP contribution is -2.20. The van der Waals surface area contributed by atoms with Crippen LogP contribution in [0.15, 0.2) is 48.5 Å². The Morgan fingerprint density at radius 2 is 1.95 bits per heavy atom. The molecule has 0 aliphatic carbocycles. The van der Waals surface area contributed by atoms with E-state index in [0.717, 1.165) is 11.3 Å². The molecule has 0 fully saturated rings. The van der Waals surface area contributed by atoms with Crippen LogP contribution in [0.1, 0.15) is 25.3 Å². The largest absolute Gasteiger partial charge is 0.483 e. The summed E-state index contributed by atoms with van der Waals surface area (Å²) in [5.74, 6) is 0.882. The highest BCUT2D eigenvalue weighted by atomic mass is 16.5. The number of nitrogens with two attached hydrogens (primary N) is 1. The molecule has 0 saturated heterocycles. The van der Waals surface area contributed by atoms with Crippen molar-refractivity contribution >= 4 is 17.3 Å². The van der Waals surface area contributed by atoms with E-state index < -0.39 is 0 Å². The van der Waals surface area contributed by atoms with Crippen molar-refractivity contribution in [3.63, 3.8) is 0 Å². The third kappa shape index (κ3) is 4.24. The zero-order valence-corrected chi connectivity index (χ0v) is 12.3. The van der Waals surface area contributed by atoms with Crippen molar-refractivity contribution in [1.82, 2.24) is 0 Å². The van der Waals surface area contributed by atoms with Crippen LogP contribution in [0, 0.1) is 0 Å². The molecule has 0 atom stereocenters. The minimum atomic E-state index is -0.209. The fraction of sp³-hybridized carbons (Fsp3) is 0.235. The number of carbonyl (C=O) groups excluding carboxylic acids is 1. The van der Waals surface area contributed by atoms with Crippen LogP contribution in [0.2, 0.25) is 0 Å². The summed E-state index contributed by atoms with van der Waals surface area (Å²) in [5, 5.41) is 2.76. The predicted molar refractivity (Wildman–Crippen MR) is 85.5 cm³/mol. The molecule has 0 aliphatic rings. The van der Waals surface area contributed by atoms with Crippen LogP contribution in [-0.4, -0.2) is 12.5 Å². The fourth-order valence-corrected chi connectivity index (χ4v) is 2.05. The quantitative estimate of drug-likeness (QED) is 0.827. The second-order valence-corrected chi connectivity index (χ2v) is 5.15. The summed E-state index contributed by atoms with van der Waals surface area (Å²) in [6.07, 6.45) is 0. The molecule has 0 aliphatic heterocycles. The van der Waals surface area contributed by atoms with Gasteiger partial charge in [0.2, 0.25) is 0 Å². The minimum Gasteiger partial charge on any atom is -0.483 e. The summed E-state index contributed by atoms with van der Waals surface area (Å²) < 4.78 is 5.62. The van der Waals surface area contributed by atoms with Crippen molar-refractivity contribution in [3.8, 4) is 5.75 Å². The van der Waals surface area contributed by atoms with Gasteiger partial charge >= 0.3 is 0 Å². The van der Waals surface area contributed by atoms with E-state index in [9.17, 15) is 4.79 Å². The summed E-state index contributed by atoms with van der Waals surface area (Å²) in [6, 6.07) is 14.8. The molecule has 2 aromatic carbocycles. The van der Waals surface area contributed by atoms with Gasteiger partial charge in [0.25, 0.3) is 5.91 Å². The summed E-state index contributed by atoms with van der Waals surface area (Å²) in [6.45, 7) is 4.16. The first-order chi connectivity index (χ1) is 10.1. The van der Waals surface area contributed by atoms with E-state index >= 15 is 0 Å². The molecule has 4 heteroatoms. The van der Waals surface area contributed by atoms with E-state index in [1.807, 2.05) is 24.3 Å². The average molecular weight is 284 g/mol. The van der Waals surface area contributed by atoms with Gasteiger partial charge in [0.15, 0.2) is 6.61 Å². The first-order valence-electron chi connectivity index (χ1n) is 6.93. The van der Waals surface area contributed by atoms with Gasteiger partial charge in [-0.2, -0.15) is 0 Å². The molecule has 0 heterocycles. The van der Waals surface area contributed by atoms with Gasteiger partial charge in [-0.25, -0.2) is 0 Å². The molecule has 0 unspecified atom stereocenters. The van der Waals surface area contributed by atoms with Crippen molar-refractivity contribution in [2.24, 2.45) is 0 Å². The van der Waals surface area contributed by atoms with Crippen LogP contribution in [0.4, 0.5) is 11.4 Å². The van der Waals surface area contributed by atoms with E-state index in [4.69, 9.17) is 10.5 Å². The Morgan fingerprint density at radius 3 is 2.67 bits per heavy atom. The number of amides is 1. The van der Waals surface area contributed by atoms with E-state index in [1.165, 1.54) is 0 Å². The monoisotopic (exact) mass is 284 g/mol. The molecular weight excluding hydrogens is 264 g/mol.